The maximum atomic E-state index is 12.5. The smallest absolute Gasteiger partial charge is 0.264 e. The van der Waals surface area contributed by atoms with Gasteiger partial charge >= 0.3 is 0 Å². The molecule has 0 aliphatic rings. The molecule has 0 aliphatic carbocycles. The molecule has 0 bridgehead atoms. The fraction of sp³-hybridized carbons (Fsp3) is 0.333. The molecule has 0 aromatic heterocycles. The Morgan fingerprint density at radius 1 is 1.33 bits per heavy atom. The topological polar surface area (TPSA) is 80.4 Å². The summed E-state index contributed by atoms with van der Waals surface area (Å²) in [5, 5.41) is 0. The van der Waals surface area contributed by atoms with Gasteiger partial charge in [-0.1, -0.05) is 12.1 Å². The van der Waals surface area contributed by atoms with Crippen LogP contribution in [-0.2, 0) is 10.1 Å². The minimum absolute atomic E-state index is 0.102. The lowest BCUT2D eigenvalue weighted by Crippen LogP contribution is -2.15. The number of hydrogen-bond donors (Lipinski definition) is 2. The van der Waals surface area contributed by atoms with Crippen LogP contribution in [0.15, 0.2) is 24.3 Å². The molecular formula is C9H12FNO3S. The quantitative estimate of drug-likeness (QED) is 0.763. The van der Waals surface area contributed by atoms with Crippen LogP contribution in [0.2, 0.25) is 0 Å². The van der Waals surface area contributed by atoms with Crippen LogP contribution >= 0.6 is 0 Å². The van der Waals surface area contributed by atoms with Crippen LogP contribution in [0.5, 0.6) is 0 Å². The molecule has 0 spiro atoms. The predicted octanol–water partition coefficient (Wildman–Crippen LogP) is 1.10. The first-order valence-electron chi connectivity index (χ1n) is 4.35. The van der Waals surface area contributed by atoms with E-state index < -0.39 is 21.9 Å². The van der Waals surface area contributed by atoms with Crippen molar-refractivity contribution in [2.75, 3.05) is 5.75 Å². The first-order valence-corrected chi connectivity index (χ1v) is 5.95. The molecule has 0 saturated heterocycles. The predicted molar refractivity (Wildman–Crippen MR) is 54.4 cm³/mol. The average Bonchev–Trinajstić information content (AvgIpc) is 2.14. The summed E-state index contributed by atoms with van der Waals surface area (Å²) in [5.74, 6) is -0.772. The number of benzene rings is 1. The second-order valence-corrected chi connectivity index (χ2v) is 4.80. The van der Waals surface area contributed by atoms with E-state index in [2.05, 4.69) is 0 Å². The van der Waals surface area contributed by atoms with Gasteiger partial charge < -0.3 is 5.73 Å². The highest BCUT2D eigenvalue weighted by Crippen LogP contribution is 2.14. The zero-order valence-electron chi connectivity index (χ0n) is 7.93. The highest BCUT2D eigenvalue weighted by molar-refractivity contribution is 7.85. The maximum Gasteiger partial charge on any atom is 0.264 e. The molecule has 1 atom stereocenters. The Balaban J connectivity index is 2.61. The minimum atomic E-state index is -3.99. The number of nitrogens with two attached hydrogens (primary N) is 1. The van der Waals surface area contributed by atoms with Gasteiger partial charge in [0.1, 0.15) is 5.82 Å². The van der Waals surface area contributed by atoms with Gasteiger partial charge in [0.25, 0.3) is 10.1 Å². The third-order valence-corrected chi connectivity index (χ3v) is 2.74. The normalized spacial score (nSPS) is 13.8. The summed E-state index contributed by atoms with van der Waals surface area (Å²) < 4.78 is 42.0. The molecule has 15 heavy (non-hydrogen) atoms. The lowest BCUT2D eigenvalue weighted by atomic mass is 10.1. The van der Waals surface area contributed by atoms with Crippen LogP contribution in [0.1, 0.15) is 18.0 Å². The lowest BCUT2D eigenvalue weighted by Gasteiger charge is -2.10. The third-order valence-electron chi connectivity index (χ3n) is 1.98. The molecule has 1 rings (SSSR count). The molecule has 84 valence electrons. The third kappa shape index (κ3) is 4.37. The largest absolute Gasteiger partial charge is 0.324 e. The van der Waals surface area contributed by atoms with Crippen molar-refractivity contribution in [2.24, 2.45) is 5.73 Å². The molecule has 0 saturated carbocycles. The molecule has 1 aromatic carbocycles. The van der Waals surface area contributed by atoms with Crippen molar-refractivity contribution in [3.05, 3.63) is 35.6 Å². The van der Waals surface area contributed by atoms with Gasteiger partial charge in [0, 0.05) is 6.04 Å². The summed E-state index contributed by atoms with van der Waals surface area (Å²) in [6.45, 7) is 0. The first-order chi connectivity index (χ1) is 6.88. The summed E-state index contributed by atoms with van der Waals surface area (Å²) in [6, 6.07) is 4.96. The summed E-state index contributed by atoms with van der Waals surface area (Å²) in [4.78, 5) is 0. The monoisotopic (exact) mass is 233 g/mol. The molecule has 0 heterocycles. The van der Waals surface area contributed by atoms with Gasteiger partial charge in [-0.05, 0) is 24.1 Å². The fourth-order valence-electron chi connectivity index (χ4n) is 1.15. The van der Waals surface area contributed by atoms with Crippen LogP contribution in [0.25, 0.3) is 0 Å². The van der Waals surface area contributed by atoms with Gasteiger partial charge in [0.2, 0.25) is 0 Å². The van der Waals surface area contributed by atoms with Gasteiger partial charge in [0.05, 0.1) is 5.75 Å². The molecule has 3 N–H and O–H groups in total. The Morgan fingerprint density at radius 3 is 2.33 bits per heavy atom. The SMILES string of the molecule is NC(CCS(=O)(=O)O)c1ccc(F)cc1. The van der Waals surface area contributed by atoms with E-state index in [1.54, 1.807) is 0 Å². The van der Waals surface area contributed by atoms with Crippen LogP contribution in [-0.4, -0.2) is 18.7 Å². The number of hydrogen-bond acceptors (Lipinski definition) is 3. The molecular weight excluding hydrogens is 221 g/mol. The first kappa shape index (κ1) is 12.1. The zero-order chi connectivity index (χ0) is 11.5. The average molecular weight is 233 g/mol. The molecule has 1 aromatic rings. The molecule has 1 unspecified atom stereocenters. The summed E-state index contributed by atoms with van der Waals surface area (Å²) in [5.41, 5.74) is 6.29. The van der Waals surface area contributed by atoms with Gasteiger partial charge in [-0.15, -0.1) is 0 Å². The van der Waals surface area contributed by atoms with Crippen LogP contribution in [0.4, 0.5) is 4.39 Å². The van der Waals surface area contributed by atoms with Crippen molar-refractivity contribution in [3.63, 3.8) is 0 Å². The minimum Gasteiger partial charge on any atom is -0.324 e. The van der Waals surface area contributed by atoms with Crippen molar-refractivity contribution < 1.29 is 17.4 Å². The standard InChI is InChI=1S/C9H12FNO3S/c10-8-3-1-7(2-4-8)9(11)5-6-15(12,13)14/h1-4,9H,5-6,11H2,(H,12,13,14). The van der Waals surface area contributed by atoms with E-state index in [1.165, 1.54) is 24.3 Å². The Hall–Kier alpha value is -0.980. The van der Waals surface area contributed by atoms with Crippen molar-refractivity contribution in [3.8, 4) is 0 Å². The molecule has 4 nitrogen and oxygen atoms in total. The van der Waals surface area contributed by atoms with E-state index >= 15 is 0 Å². The van der Waals surface area contributed by atoms with E-state index in [0.29, 0.717) is 5.56 Å². The van der Waals surface area contributed by atoms with E-state index in [-0.39, 0.29) is 12.2 Å². The summed E-state index contributed by atoms with van der Waals surface area (Å²) in [6.07, 6.45) is 0.102. The second-order valence-electron chi connectivity index (χ2n) is 3.23. The fourth-order valence-corrected chi connectivity index (χ4v) is 1.70. The zero-order valence-corrected chi connectivity index (χ0v) is 8.74. The van der Waals surface area contributed by atoms with Crippen molar-refractivity contribution in [1.82, 2.24) is 0 Å². The Morgan fingerprint density at radius 2 is 1.87 bits per heavy atom. The number of halogens is 1. The summed E-state index contributed by atoms with van der Waals surface area (Å²) in [7, 11) is -3.99. The van der Waals surface area contributed by atoms with Crippen molar-refractivity contribution >= 4 is 10.1 Å². The van der Waals surface area contributed by atoms with Gasteiger partial charge in [-0.3, -0.25) is 4.55 Å². The van der Waals surface area contributed by atoms with E-state index in [9.17, 15) is 12.8 Å². The van der Waals surface area contributed by atoms with Gasteiger partial charge in [-0.2, -0.15) is 8.42 Å². The molecule has 6 heteroatoms. The molecule has 0 radical (unpaired) electrons. The maximum absolute atomic E-state index is 12.5. The van der Waals surface area contributed by atoms with Gasteiger partial charge in [-0.25, -0.2) is 4.39 Å². The Labute approximate surface area is 87.7 Å². The summed E-state index contributed by atoms with van der Waals surface area (Å²) >= 11 is 0. The van der Waals surface area contributed by atoms with Crippen LogP contribution in [0, 0.1) is 5.82 Å². The van der Waals surface area contributed by atoms with E-state index in [4.69, 9.17) is 10.3 Å². The second kappa shape index (κ2) is 4.69. The Bertz CT molecular complexity index is 415. The lowest BCUT2D eigenvalue weighted by molar-refractivity contribution is 0.477. The van der Waals surface area contributed by atoms with Crippen LogP contribution < -0.4 is 5.73 Å². The number of rotatable bonds is 4. The molecule has 0 aliphatic heterocycles. The van der Waals surface area contributed by atoms with Gasteiger partial charge in [0.15, 0.2) is 0 Å². The van der Waals surface area contributed by atoms with E-state index in [0.717, 1.165) is 0 Å². The molecule has 0 fully saturated rings. The highest BCUT2D eigenvalue weighted by Gasteiger charge is 2.11. The van der Waals surface area contributed by atoms with E-state index in [1.807, 2.05) is 0 Å². The van der Waals surface area contributed by atoms with Crippen LogP contribution in [0.3, 0.4) is 0 Å². The van der Waals surface area contributed by atoms with Crippen molar-refractivity contribution in [2.45, 2.75) is 12.5 Å². The Kier molecular flexibility index (Phi) is 3.78. The van der Waals surface area contributed by atoms with Crippen molar-refractivity contribution in [1.29, 1.82) is 0 Å². The highest BCUT2D eigenvalue weighted by atomic mass is 32.2. The molecule has 0 amide bonds.